The van der Waals surface area contributed by atoms with Gasteiger partial charge in [-0.2, -0.15) is 0 Å². The molecular formula is C8H5ClO6S. The minimum absolute atomic E-state index is 0.357. The standard InChI is InChI=1S/C8H5ClO6S/c9-16(14,15)6-3-4(7(10)11)1-2-5(6)8(12)13/h1-3H,(H,10,11)(H,12,13). The first-order chi connectivity index (χ1) is 7.23. The van der Waals surface area contributed by atoms with Crippen LogP contribution in [0.25, 0.3) is 0 Å². The van der Waals surface area contributed by atoms with Crippen molar-refractivity contribution in [1.29, 1.82) is 0 Å². The summed E-state index contributed by atoms with van der Waals surface area (Å²) >= 11 is 0. The molecule has 0 bridgehead atoms. The van der Waals surface area contributed by atoms with Gasteiger partial charge in [0, 0.05) is 10.7 Å². The molecule has 1 aromatic rings. The maximum Gasteiger partial charge on any atom is 0.337 e. The van der Waals surface area contributed by atoms with Gasteiger partial charge in [-0.05, 0) is 18.2 Å². The minimum Gasteiger partial charge on any atom is -0.478 e. The molecule has 0 saturated heterocycles. The Morgan fingerprint density at radius 3 is 2.06 bits per heavy atom. The van der Waals surface area contributed by atoms with Crippen LogP contribution < -0.4 is 0 Å². The number of rotatable bonds is 3. The number of hydrogen-bond donors (Lipinski definition) is 2. The fourth-order valence-electron chi connectivity index (χ4n) is 1.03. The van der Waals surface area contributed by atoms with Crippen molar-refractivity contribution in [3.63, 3.8) is 0 Å². The van der Waals surface area contributed by atoms with E-state index in [0.29, 0.717) is 6.07 Å². The first kappa shape index (κ1) is 12.5. The first-order valence-corrected chi connectivity index (χ1v) is 6.09. The lowest BCUT2D eigenvalue weighted by atomic mass is 10.1. The maximum atomic E-state index is 11.0. The summed E-state index contributed by atoms with van der Waals surface area (Å²) in [6.07, 6.45) is 0. The van der Waals surface area contributed by atoms with Gasteiger partial charge in [0.1, 0.15) is 0 Å². The molecule has 0 fully saturated rings. The molecule has 0 aliphatic rings. The van der Waals surface area contributed by atoms with Crippen LogP contribution in [-0.2, 0) is 9.05 Å². The van der Waals surface area contributed by atoms with Gasteiger partial charge in [-0.15, -0.1) is 0 Å². The lowest BCUT2D eigenvalue weighted by molar-refractivity contribution is 0.0678. The number of benzene rings is 1. The first-order valence-electron chi connectivity index (χ1n) is 3.79. The molecule has 86 valence electrons. The molecule has 0 amide bonds. The van der Waals surface area contributed by atoms with Gasteiger partial charge in [-0.1, -0.05) is 0 Å². The Hall–Kier alpha value is -1.60. The van der Waals surface area contributed by atoms with Crippen molar-refractivity contribution >= 4 is 31.7 Å². The van der Waals surface area contributed by atoms with E-state index in [9.17, 15) is 18.0 Å². The number of carbonyl (C=O) groups is 2. The Kier molecular flexibility index (Phi) is 3.20. The summed E-state index contributed by atoms with van der Waals surface area (Å²) in [7, 11) is 0.694. The van der Waals surface area contributed by atoms with E-state index in [2.05, 4.69) is 0 Å². The summed E-state index contributed by atoms with van der Waals surface area (Å²) in [6, 6.07) is 2.56. The highest BCUT2D eigenvalue weighted by Gasteiger charge is 2.22. The molecule has 16 heavy (non-hydrogen) atoms. The van der Waals surface area contributed by atoms with E-state index in [1.807, 2.05) is 0 Å². The SMILES string of the molecule is O=C(O)c1ccc(C(=O)O)c(S(=O)(=O)Cl)c1. The van der Waals surface area contributed by atoms with Gasteiger partial charge in [0.15, 0.2) is 0 Å². The lowest BCUT2D eigenvalue weighted by Crippen LogP contribution is -2.07. The Labute approximate surface area is 94.5 Å². The average Bonchev–Trinajstić information content (AvgIpc) is 2.15. The molecule has 2 N–H and O–H groups in total. The summed E-state index contributed by atoms with van der Waals surface area (Å²) in [5.74, 6) is -2.88. The van der Waals surface area contributed by atoms with Gasteiger partial charge in [0.05, 0.1) is 16.0 Å². The van der Waals surface area contributed by atoms with Crippen LogP contribution in [0.15, 0.2) is 23.1 Å². The van der Waals surface area contributed by atoms with Gasteiger partial charge in [-0.3, -0.25) is 0 Å². The Balaban J connectivity index is 3.58. The number of carboxylic acids is 2. The van der Waals surface area contributed by atoms with Crippen LogP contribution in [0.4, 0.5) is 0 Å². The van der Waals surface area contributed by atoms with E-state index in [-0.39, 0.29) is 5.56 Å². The van der Waals surface area contributed by atoms with Crippen LogP contribution in [0.3, 0.4) is 0 Å². The van der Waals surface area contributed by atoms with Gasteiger partial charge in [0.2, 0.25) is 0 Å². The smallest absolute Gasteiger partial charge is 0.337 e. The molecule has 1 rings (SSSR count). The van der Waals surface area contributed by atoms with E-state index in [4.69, 9.17) is 20.9 Å². The van der Waals surface area contributed by atoms with Crippen molar-refractivity contribution in [1.82, 2.24) is 0 Å². The lowest BCUT2D eigenvalue weighted by Gasteiger charge is -2.03. The van der Waals surface area contributed by atoms with E-state index >= 15 is 0 Å². The van der Waals surface area contributed by atoms with Crippen molar-refractivity contribution in [2.75, 3.05) is 0 Å². The summed E-state index contributed by atoms with van der Waals surface area (Å²) in [5, 5.41) is 17.3. The van der Waals surface area contributed by atoms with Gasteiger partial charge < -0.3 is 10.2 Å². The van der Waals surface area contributed by atoms with Gasteiger partial charge in [-0.25, -0.2) is 18.0 Å². The molecule has 0 unspecified atom stereocenters. The molecule has 8 heteroatoms. The second-order valence-electron chi connectivity index (χ2n) is 2.76. The van der Waals surface area contributed by atoms with Crippen molar-refractivity contribution in [3.8, 4) is 0 Å². The van der Waals surface area contributed by atoms with Crippen molar-refractivity contribution < 1.29 is 28.2 Å². The van der Waals surface area contributed by atoms with E-state index in [0.717, 1.165) is 12.1 Å². The Bertz CT molecular complexity index is 562. The van der Waals surface area contributed by atoms with E-state index in [1.165, 1.54) is 0 Å². The molecule has 0 aliphatic carbocycles. The quantitative estimate of drug-likeness (QED) is 0.789. The molecule has 6 nitrogen and oxygen atoms in total. The van der Waals surface area contributed by atoms with Crippen LogP contribution in [0, 0.1) is 0 Å². The third kappa shape index (κ3) is 2.50. The molecule has 0 spiro atoms. The molecule has 0 atom stereocenters. The molecule has 0 aliphatic heterocycles. The summed E-state index contributed by atoms with van der Waals surface area (Å²) < 4.78 is 22.1. The fraction of sp³-hybridized carbons (Fsp3) is 0. The Morgan fingerprint density at radius 1 is 1.12 bits per heavy atom. The normalized spacial score (nSPS) is 11.1. The summed E-state index contributed by atoms with van der Waals surface area (Å²) in [5.41, 5.74) is -0.927. The van der Waals surface area contributed by atoms with Crippen LogP contribution in [0.1, 0.15) is 20.7 Å². The molecule has 0 saturated carbocycles. The predicted molar refractivity (Wildman–Crippen MR) is 53.4 cm³/mol. The van der Waals surface area contributed by atoms with Crippen molar-refractivity contribution in [3.05, 3.63) is 29.3 Å². The molecule has 0 radical (unpaired) electrons. The average molecular weight is 265 g/mol. The largest absolute Gasteiger partial charge is 0.478 e. The highest BCUT2D eigenvalue weighted by Crippen LogP contribution is 2.21. The van der Waals surface area contributed by atoms with Crippen molar-refractivity contribution in [2.24, 2.45) is 0 Å². The van der Waals surface area contributed by atoms with Crippen molar-refractivity contribution in [2.45, 2.75) is 4.90 Å². The van der Waals surface area contributed by atoms with Crippen LogP contribution in [0.5, 0.6) is 0 Å². The second kappa shape index (κ2) is 4.11. The topological polar surface area (TPSA) is 109 Å². The Morgan fingerprint density at radius 2 is 1.69 bits per heavy atom. The highest BCUT2D eigenvalue weighted by molar-refractivity contribution is 8.13. The van der Waals surface area contributed by atoms with Crippen LogP contribution in [0.2, 0.25) is 0 Å². The van der Waals surface area contributed by atoms with Gasteiger partial charge >= 0.3 is 11.9 Å². The second-order valence-corrected chi connectivity index (χ2v) is 5.29. The zero-order chi connectivity index (χ0) is 12.5. The fourth-order valence-corrected chi connectivity index (χ4v) is 2.10. The van der Waals surface area contributed by atoms with E-state index in [1.54, 1.807) is 0 Å². The predicted octanol–water partition coefficient (Wildman–Crippen LogP) is 1.01. The molecule has 1 aromatic carbocycles. The zero-order valence-electron chi connectivity index (χ0n) is 7.55. The minimum atomic E-state index is -4.31. The molecule has 0 aromatic heterocycles. The number of hydrogen-bond acceptors (Lipinski definition) is 4. The van der Waals surface area contributed by atoms with Crippen LogP contribution >= 0.6 is 10.7 Å². The third-order valence-electron chi connectivity index (χ3n) is 1.72. The molecular weight excluding hydrogens is 260 g/mol. The highest BCUT2D eigenvalue weighted by atomic mass is 35.7. The summed E-state index contributed by atoms with van der Waals surface area (Å²) in [4.78, 5) is 20.5. The number of halogens is 1. The van der Waals surface area contributed by atoms with Gasteiger partial charge in [0.25, 0.3) is 9.05 Å². The third-order valence-corrected chi connectivity index (χ3v) is 3.08. The maximum absolute atomic E-state index is 11.0. The monoisotopic (exact) mass is 264 g/mol. The number of aromatic carboxylic acids is 2. The zero-order valence-corrected chi connectivity index (χ0v) is 9.12. The molecule has 0 heterocycles. The van der Waals surface area contributed by atoms with Crippen LogP contribution in [-0.4, -0.2) is 30.6 Å². The summed E-state index contributed by atoms with van der Waals surface area (Å²) in [6.45, 7) is 0. The number of carboxylic acid groups (broad SMARTS) is 2. The van der Waals surface area contributed by atoms with E-state index < -0.39 is 31.4 Å².